The average molecular weight is 403 g/mol. The number of aliphatic hydroxyl groups is 1. The standard InChI is InChI=1S/C17H20BrNO3.ClH/c1-21-15-10-13(18)16(22-2)9-12(15)17(19)14(20)8-11-6-4-3-5-7-11;/h3-7,9-10,14,17,20H,8,19H2,1-2H3;1H/t14-,17+;/m1./s1. The van der Waals surface area contributed by atoms with Crippen LogP contribution < -0.4 is 15.2 Å². The molecule has 0 bridgehead atoms. The molecule has 0 aliphatic carbocycles. The topological polar surface area (TPSA) is 64.7 Å². The van der Waals surface area contributed by atoms with Crippen LogP contribution in [0.25, 0.3) is 0 Å². The lowest BCUT2D eigenvalue weighted by Gasteiger charge is -2.22. The molecular formula is C17H21BrClNO3. The first-order valence-corrected chi connectivity index (χ1v) is 7.75. The molecule has 3 N–H and O–H groups in total. The molecular weight excluding hydrogens is 382 g/mol. The molecule has 0 heterocycles. The molecule has 0 spiro atoms. The molecule has 2 rings (SSSR count). The normalized spacial score (nSPS) is 12.9. The predicted octanol–water partition coefficient (Wildman–Crippen LogP) is 3.49. The van der Waals surface area contributed by atoms with E-state index >= 15 is 0 Å². The highest BCUT2D eigenvalue weighted by molar-refractivity contribution is 9.10. The lowest BCUT2D eigenvalue weighted by molar-refractivity contribution is 0.143. The molecule has 0 saturated heterocycles. The van der Waals surface area contributed by atoms with Crippen molar-refractivity contribution < 1.29 is 14.6 Å². The molecule has 0 radical (unpaired) electrons. The van der Waals surface area contributed by atoms with E-state index in [0.29, 0.717) is 23.5 Å². The van der Waals surface area contributed by atoms with E-state index in [1.165, 1.54) is 0 Å². The van der Waals surface area contributed by atoms with Gasteiger partial charge in [0.15, 0.2) is 0 Å². The van der Waals surface area contributed by atoms with Gasteiger partial charge in [0.2, 0.25) is 0 Å². The summed E-state index contributed by atoms with van der Waals surface area (Å²) in [5.41, 5.74) is 7.99. The van der Waals surface area contributed by atoms with Crippen LogP contribution in [0.2, 0.25) is 0 Å². The van der Waals surface area contributed by atoms with Gasteiger partial charge in [0.25, 0.3) is 0 Å². The second kappa shape index (κ2) is 9.13. The highest BCUT2D eigenvalue weighted by atomic mass is 79.9. The fraction of sp³-hybridized carbons (Fsp3) is 0.294. The van der Waals surface area contributed by atoms with Gasteiger partial charge in [-0.05, 0) is 33.6 Å². The first-order chi connectivity index (χ1) is 10.6. The van der Waals surface area contributed by atoms with E-state index in [0.717, 1.165) is 10.0 Å². The van der Waals surface area contributed by atoms with E-state index in [9.17, 15) is 5.11 Å². The number of hydrogen-bond acceptors (Lipinski definition) is 4. The van der Waals surface area contributed by atoms with Crippen LogP contribution in [-0.4, -0.2) is 25.4 Å². The molecule has 0 aromatic heterocycles. The van der Waals surface area contributed by atoms with Gasteiger partial charge >= 0.3 is 0 Å². The van der Waals surface area contributed by atoms with Crippen LogP contribution in [0.4, 0.5) is 0 Å². The third-order valence-corrected chi connectivity index (χ3v) is 4.19. The molecule has 0 aliphatic heterocycles. The summed E-state index contributed by atoms with van der Waals surface area (Å²) in [7, 11) is 3.16. The van der Waals surface area contributed by atoms with Crippen molar-refractivity contribution in [1.82, 2.24) is 0 Å². The second-order valence-corrected chi connectivity index (χ2v) is 5.87. The van der Waals surface area contributed by atoms with Crippen molar-refractivity contribution >= 4 is 28.3 Å². The van der Waals surface area contributed by atoms with Crippen molar-refractivity contribution in [3.8, 4) is 11.5 Å². The number of halogens is 2. The first-order valence-electron chi connectivity index (χ1n) is 6.95. The Morgan fingerprint density at radius 3 is 2.26 bits per heavy atom. The van der Waals surface area contributed by atoms with Gasteiger partial charge in [0, 0.05) is 12.0 Å². The third-order valence-electron chi connectivity index (χ3n) is 3.57. The second-order valence-electron chi connectivity index (χ2n) is 5.01. The highest BCUT2D eigenvalue weighted by Crippen LogP contribution is 2.36. The molecule has 23 heavy (non-hydrogen) atoms. The van der Waals surface area contributed by atoms with Crippen molar-refractivity contribution in [2.75, 3.05) is 14.2 Å². The Morgan fingerprint density at radius 1 is 1.09 bits per heavy atom. The van der Waals surface area contributed by atoms with Crippen LogP contribution in [0.5, 0.6) is 11.5 Å². The van der Waals surface area contributed by atoms with Crippen LogP contribution in [0.3, 0.4) is 0 Å². The largest absolute Gasteiger partial charge is 0.496 e. The van der Waals surface area contributed by atoms with E-state index in [2.05, 4.69) is 15.9 Å². The first kappa shape index (κ1) is 19.8. The van der Waals surface area contributed by atoms with E-state index < -0.39 is 12.1 Å². The van der Waals surface area contributed by atoms with Gasteiger partial charge in [-0.25, -0.2) is 0 Å². The molecule has 0 fully saturated rings. The Kier molecular flexibility index (Phi) is 7.85. The number of hydrogen-bond donors (Lipinski definition) is 2. The van der Waals surface area contributed by atoms with Gasteiger partial charge in [-0.2, -0.15) is 0 Å². The van der Waals surface area contributed by atoms with Gasteiger partial charge in [0.05, 0.1) is 30.8 Å². The van der Waals surface area contributed by atoms with E-state index in [4.69, 9.17) is 15.2 Å². The monoisotopic (exact) mass is 401 g/mol. The Morgan fingerprint density at radius 2 is 1.70 bits per heavy atom. The number of methoxy groups -OCH3 is 2. The molecule has 0 unspecified atom stereocenters. The van der Waals surface area contributed by atoms with Crippen molar-refractivity contribution in [1.29, 1.82) is 0 Å². The number of rotatable bonds is 6. The summed E-state index contributed by atoms with van der Waals surface area (Å²) in [4.78, 5) is 0. The maximum atomic E-state index is 10.4. The molecule has 6 heteroatoms. The lowest BCUT2D eigenvalue weighted by atomic mass is 9.96. The molecule has 0 saturated carbocycles. The fourth-order valence-electron chi connectivity index (χ4n) is 2.33. The zero-order valence-corrected chi connectivity index (χ0v) is 15.4. The number of benzene rings is 2. The van der Waals surface area contributed by atoms with Crippen molar-refractivity contribution in [3.05, 3.63) is 58.1 Å². The molecule has 0 aliphatic rings. The minimum Gasteiger partial charge on any atom is -0.496 e. The van der Waals surface area contributed by atoms with Gasteiger partial charge < -0.3 is 20.3 Å². The van der Waals surface area contributed by atoms with Crippen molar-refractivity contribution in [2.45, 2.75) is 18.6 Å². The molecule has 2 aromatic rings. The van der Waals surface area contributed by atoms with Crippen LogP contribution in [0.1, 0.15) is 17.2 Å². The highest BCUT2D eigenvalue weighted by Gasteiger charge is 2.22. The Balaban J connectivity index is 0.00000264. The van der Waals surface area contributed by atoms with Gasteiger partial charge in [0.1, 0.15) is 11.5 Å². The Hall–Kier alpha value is -1.27. The number of aliphatic hydroxyl groups excluding tert-OH is 1. The summed E-state index contributed by atoms with van der Waals surface area (Å²) in [6.07, 6.45) is -0.244. The zero-order valence-electron chi connectivity index (χ0n) is 13.0. The summed E-state index contributed by atoms with van der Waals surface area (Å²) in [6.45, 7) is 0. The van der Waals surface area contributed by atoms with Crippen molar-refractivity contribution in [2.24, 2.45) is 5.73 Å². The summed E-state index contributed by atoms with van der Waals surface area (Å²) in [5, 5.41) is 10.4. The maximum Gasteiger partial charge on any atom is 0.133 e. The van der Waals surface area contributed by atoms with E-state index in [1.807, 2.05) is 30.3 Å². The molecule has 4 nitrogen and oxygen atoms in total. The summed E-state index contributed by atoms with van der Waals surface area (Å²) < 4.78 is 11.4. The Labute approximate surface area is 151 Å². The minimum atomic E-state index is -0.720. The smallest absolute Gasteiger partial charge is 0.133 e. The fourth-order valence-corrected chi connectivity index (χ4v) is 2.82. The molecule has 2 aromatic carbocycles. The molecule has 2 atom stereocenters. The van der Waals surface area contributed by atoms with Crippen LogP contribution in [0, 0.1) is 0 Å². The lowest BCUT2D eigenvalue weighted by Crippen LogP contribution is -2.28. The number of ether oxygens (including phenoxy) is 2. The third kappa shape index (κ3) is 4.85. The molecule has 126 valence electrons. The minimum absolute atomic E-state index is 0. The molecule has 0 amide bonds. The van der Waals surface area contributed by atoms with Gasteiger partial charge in [-0.3, -0.25) is 0 Å². The number of nitrogens with two attached hydrogens (primary N) is 1. The van der Waals surface area contributed by atoms with Crippen LogP contribution in [0.15, 0.2) is 46.9 Å². The van der Waals surface area contributed by atoms with Crippen LogP contribution >= 0.6 is 28.3 Å². The Bertz CT molecular complexity index is 625. The van der Waals surface area contributed by atoms with Crippen molar-refractivity contribution in [3.63, 3.8) is 0 Å². The summed E-state index contributed by atoms with van der Waals surface area (Å²) in [6, 6.07) is 12.8. The average Bonchev–Trinajstić information content (AvgIpc) is 2.54. The van der Waals surface area contributed by atoms with Crippen LogP contribution in [-0.2, 0) is 6.42 Å². The van der Waals surface area contributed by atoms with E-state index in [1.54, 1.807) is 26.4 Å². The summed E-state index contributed by atoms with van der Waals surface area (Å²) >= 11 is 3.41. The quantitative estimate of drug-likeness (QED) is 0.776. The van der Waals surface area contributed by atoms with Gasteiger partial charge in [-0.1, -0.05) is 30.3 Å². The SMILES string of the molecule is COc1cc([C@H](N)[C@H](O)Cc2ccccc2)c(OC)cc1Br.Cl. The van der Waals surface area contributed by atoms with E-state index in [-0.39, 0.29) is 12.4 Å². The maximum absolute atomic E-state index is 10.4. The summed E-state index contributed by atoms with van der Waals surface area (Å²) in [5.74, 6) is 1.27. The predicted molar refractivity (Wildman–Crippen MR) is 97.6 cm³/mol. The van der Waals surface area contributed by atoms with Gasteiger partial charge in [-0.15, -0.1) is 12.4 Å². The zero-order chi connectivity index (χ0) is 16.1.